The normalized spacial score (nSPS) is 10.0. The molecule has 0 bridgehead atoms. The minimum atomic E-state index is -1.49. The van der Waals surface area contributed by atoms with Crippen molar-refractivity contribution in [2.45, 2.75) is 6.92 Å². The van der Waals surface area contributed by atoms with Crippen molar-refractivity contribution in [2.24, 2.45) is 0 Å². The van der Waals surface area contributed by atoms with Crippen molar-refractivity contribution in [3.63, 3.8) is 0 Å². The summed E-state index contributed by atoms with van der Waals surface area (Å²) in [6.07, 6.45) is 1.20. The van der Waals surface area contributed by atoms with Crippen LogP contribution in [0.4, 0.5) is 22.0 Å². The van der Waals surface area contributed by atoms with Crippen LogP contribution in [0.2, 0.25) is 0 Å². The topological polar surface area (TPSA) is 122 Å². The number of nitrogens with zero attached hydrogens (tertiary/aromatic N) is 4. The van der Waals surface area contributed by atoms with Gasteiger partial charge in [0.25, 0.3) is 5.56 Å². The Morgan fingerprint density at radius 2 is 1.61 bits per heavy atom. The third-order valence-electron chi connectivity index (χ3n) is 3.56. The molecule has 0 amide bonds. The second-order valence-electron chi connectivity index (χ2n) is 5.89. The van der Waals surface area contributed by atoms with Crippen LogP contribution in [0.15, 0.2) is 45.9 Å². The highest BCUT2D eigenvalue weighted by Gasteiger charge is 2.15. The second-order valence-corrected chi connectivity index (χ2v) is 6.74. The van der Waals surface area contributed by atoms with Gasteiger partial charge < -0.3 is 10.1 Å². The lowest BCUT2D eigenvalue weighted by molar-refractivity contribution is 0.0690. The number of carbonyl (C=O) groups is 1. The number of H-pyrrole nitrogens is 1. The zero-order valence-electron chi connectivity index (χ0n) is 16.3. The fourth-order valence-electron chi connectivity index (χ4n) is 2.06. The highest BCUT2D eigenvalue weighted by molar-refractivity contribution is 9.10. The van der Waals surface area contributed by atoms with Gasteiger partial charge >= 0.3 is 5.97 Å². The van der Waals surface area contributed by atoms with Gasteiger partial charge in [-0.1, -0.05) is 6.07 Å². The fraction of sp³-hybridized carbons (Fsp3) is 0.0526. The molecule has 0 aliphatic rings. The van der Waals surface area contributed by atoms with E-state index in [2.05, 4.69) is 40.8 Å². The van der Waals surface area contributed by atoms with Crippen molar-refractivity contribution < 1.29 is 31.9 Å². The molecule has 0 saturated heterocycles. The fourth-order valence-corrected chi connectivity index (χ4v) is 2.37. The lowest BCUT2D eigenvalue weighted by Gasteiger charge is -1.97. The Morgan fingerprint density at radius 3 is 2.15 bits per heavy atom. The van der Waals surface area contributed by atoms with E-state index in [1.165, 1.54) is 18.5 Å². The van der Waals surface area contributed by atoms with Crippen LogP contribution in [0.25, 0.3) is 11.0 Å². The molecule has 172 valence electrons. The number of carboxylic acids is 1. The lowest BCUT2D eigenvalue weighted by Crippen LogP contribution is -2.08. The number of hydrogen-bond donors (Lipinski definition) is 2. The van der Waals surface area contributed by atoms with Crippen molar-refractivity contribution in [2.75, 3.05) is 0 Å². The maximum Gasteiger partial charge on any atom is 0.340 e. The quantitative estimate of drug-likeness (QED) is 0.281. The zero-order valence-corrected chi connectivity index (χ0v) is 17.9. The monoisotopic (exact) mass is 531 g/mol. The number of carboxylic acid groups (broad SMARTS) is 1. The molecule has 4 aromatic heterocycles. The third-order valence-corrected chi connectivity index (χ3v) is 4.11. The number of hydrogen-bond acceptors (Lipinski definition) is 6. The van der Waals surface area contributed by atoms with Crippen LogP contribution in [-0.2, 0) is 0 Å². The summed E-state index contributed by atoms with van der Waals surface area (Å²) in [6, 6.07) is 5.69. The van der Waals surface area contributed by atoms with Crippen LogP contribution in [0.5, 0.6) is 0 Å². The molecule has 4 rings (SSSR count). The number of aryl methyl sites for hydroxylation is 1. The molecule has 0 aliphatic carbocycles. The number of aromatic carboxylic acids is 1. The Balaban J connectivity index is 0.000000180. The van der Waals surface area contributed by atoms with Gasteiger partial charge in [-0.3, -0.25) is 4.79 Å². The molecular weight excluding hydrogens is 521 g/mol. The highest BCUT2D eigenvalue weighted by Crippen LogP contribution is 2.16. The Morgan fingerprint density at radius 1 is 0.970 bits per heavy atom. The molecule has 14 heteroatoms. The summed E-state index contributed by atoms with van der Waals surface area (Å²) < 4.78 is 61.3. The van der Waals surface area contributed by atoms with E-state index in [-0.39, 0.29) is 15.7 Å². The summed E-state index contributed by atoms with van der Waals surface area (Å²) in [6.45, 7) is 1.55. The van der Waals surface area contributed by atoms with Gasteiger partial charge in [0.05, 0.1) is 16.2 Å². The predicted octanol–water partition coefficient (Wildman–Crippen LogP) is 3.95. The van der Waals surface area contributed by atoms with E-state index in [0.29, 0.717) is 10.9 Å². The first kappa shape index (κ1) is 25.5. The van der Waals surface area contributed by atoms with Crippen LogP contribution in [0.3, 0.4) is 0 Å². The Kier molecular flexibility index (Phi) is 8.62. The van der Waals surface area contributed by atoms with Gasteiger partial charge in [-0.2, -0.15) is 36.9 Å². The first-order valence-corrected chi connectivity index (χ1v) is 9.32. The molecule has 33 heavy (non-hydrogen) atoms. The van der Waals surface area contributed by atoms with Gasteiger partial charge in [0.1, 0.15) is 5.56 Å². The van der Waals surface area contributed by atoms with Crippen LogP contribution in [-0.4, -0.2) is 36.0 Å². The van der Waals surface area contributed by atoms with E-state index < -0.39 is 41.3 Å². The van der Waals surface area contributed by atoms with Crippen LogP contribution >= 0.6 is 15.9 Å². The number of pyridine rings is 3. The second kappa shape index (κ2) is 11.2. The van der Waals surface area contributed by atoms with Crippen LogP contribution in [0.1, 0.15) is 15.9 Å². The summed E-state index contributed by atoms with van der Waals surface area (Å²) in [7, 11) is 0. The van der Waals surface area contributed by atoms with Crippen molar-refractivity contribution in [3.8, 4) is 0 Å². The lowest BCUT2D eigenvalue weighted by atomic mass is 10.2. The van der Waals surface area contributed by atoms with Gasteiger partial charge in [-0.15, -0.1) is 0 Å². The highest BCUT2D eigenvalue weighted by atomic mass is 79.9. The van der Waals surface area contributed by atoms with Gasteiger partial charge in [-0.05, 0) is 47.1 Å². The minimum absolute atomic E-state index is 0.131. The smallest absolute Gasteiger partial charge is 0.340 e. The molecule has 0 fully saturated rings. The molecule has 8 nitrogen and oxygen atoms in total. The first-order valence-electron chi connectivity index (χ1n) is 8.53. The summed E-state index contributed by atoms with van der Waals surface area (Å²) in [5, 5.41) is 8.66. The standard InChI is InChI=1S/C8H6FN3O.C6H2BrF2NO2.C5H3F2N/c1-4-2-5-7(12-6(4)9)10-3-11-8(5)13;7-3-1-2(6(11)12)4(8)10-5(3)9;6-4-2-1-3-5(7)8-4/h2-3H,1H3,(H,10,11,12,13);1H,(H,11,12);1-3H. The molecular formula is C19H11BrF5N5O3. The number of fused-ring (bicyclic) bond motifs is 1. The van der Waals surface area contributed by atoms with E-state index in [4.69, 9.17) is 5.11 Å². The van der Waals surface area contributed by atoms with E-state index >= 15 is 0 Å². The maximum atomic E-state index is 12.9. The summed E-state index contributed by atoms with van der Waals surface area (Å²) in [4.78, 5) is 36.7. The Hall–Kier alpha value is -3.81. The minimum Gasteiger partial charge on any atom is -0.478 e. The number of aromatic nitrogens is 5. The van der Waals surface area contributed by atoms with Crippen molar-refractivity contribution in [1.29, 1.82) is 0 Å². The van der Waals surface area contributed by atoms with Crippen molar-refractivity contribution >= 4 is 32.9 Å². The first-order chi connectivity index (χ1) is 15.5. The summed E-state index contributed by atoms with van der Waals surface area (Å²) in [5.41, 5.74) is -0.498. The average molecular weight is 532 g/mol. The molecule has 0 unspecified atom stereocenters. The molecule has 0 aromatic carbocycles. The van der Waals surface area contributed by atoms with Crippen LogP contribution in [0, 0.1) is 36.7 Å². The molecule has 0 spiro atoms. The van der Waals surface area contributed by atoms with E-state index in [0.717, 1.165) is 18.2 Å². The van der Waals surface area contributed by atoms with E-state index in [9.17, 15) is 31.5 Å². The van der Waals surface area contributed by atoms with Gasteiger partial charge in [0.2, 0.25) is 29.7 Å². The number of rotatable bonds is 1. The van der Waals surface area contributed by atoms with Gasteiger partial charge in [-0.25, -0.2) is 9.78 Å². The Labute approximate surface area is 189 Å². The summed E-state index contributed by atoms with van der Waals surface area (Å²) >= 11 is 2.68. The van der Waals surface area contributed by atoms with Gasteiger partial charge in [0, 0.05) is 5.56 Å². The molecule has 2 N–H and O–H groups in total. The Bertz CT molecular complexity index is 1350. The average Bonchev–Trinajstić information content (AvgIpc) is 2.73. The maximum absolute atomic E-state index is 12.9. The van der Waals surface area contributed by atoms with E-state index in [1.807, 2.05) is 0 Å². The van der Waals surface area contributed by atoms with E-state index in [1.54, 1.807) is 6.92 Å². The van der Waals surface area contributed by atoms with Gasteiger partial charge in [0.15, 0.2) is 5.65 Å². The molecule has 4 aromatic rings. The van der Waals surface area contributed by atoms with Crippen molar-refractivity contribution in [1.82, 2.24) is 24.9 Å². The predicted molar refractivity (Wildman–Crippen MR) is 108 cm³/mol. The number of aromatic amines is 1. The molecule has 0 aliphatic heterocycles. The number of halogens is 6. The van der Waals surface area contributed by atoms with Crippen molar-refractivity contribution in [3.05, 3.63) is 92.4 Å². The largest absolute Gasteiger partial charge is 0.478 e. The van der Waals surface area contributed by atoms with Crippen LogP contribution < -0.4 is 5.56 Å². The number of nitrogens with one attached hydrogen (secondary N) is 1. The SMILES string of the molecule is Cc1cc2c(=O)[nH]cnc2nc1F.Fc1cccc(F)n1.O=C(O)c1cc(Br)c(F)nc1F. The zero-order chi connectivity index (χ0) is 24.7. The molecule has 0 atom stereocenters. The summed E-state index contributed by atoms with van der Waals surface area (Å²) in [5.74, 6) is -6.05. The molecule has 0 radical (unpaired) electrons. The molecule has 0 saturated carbocycles. The molecule has 4 heterocycles. The third kappa shape index (κ3) is 7.10.